The van der Waals surface area contributed by atoms with Crippen LogP contribution in [0.15, 0.2) is 73.1 Å². The van der Waals surface area contributed by atoms with Crippen molar-refractivity contribution >= 4 is 46.2 Å². The molecule has 1 atom stereocenters. The molecule has 0 radical (unpaired) electrons. The Morgan fingerprint density at radius 2 is 1.53 bits per heavy atom. The highest BCUT2D eigenvalue weighted by molar-refractivity contribution is 6.23. The number of para-hydroxylation sites is 1. The van der Waals surface area contributed by atoms with Gasteiger partial charge < -0.3 is 15.4 Å². The largest absolute Gasteiger partial charge is 0.457 e. The highest BCUT2D eigenvalue weighted by atomic mass is 19.1. The Morgan fingerprint density at radius 3 is 2.26 bits per heavy atom. The van der Waals surface area contributed by atoms with E-state index in [4.69, 9.17) is 15.6 Å². The number of piperidine rings is 2. The Hall–Kier alpha value is -6.26. The number of nitrogens with one attached hydrogen (secondary N) is 1. The topological polar surface area (TPSA) is 172 Å². The number of nitrogen functional groups attached to an aromatic ring is 1. The normalized spacial score (nSPS) is 21.0. The number of anilines is 2. The number of carbonyl (C=O) groups is 4. The molecule has 58 heavy (non-hydrogen) atoms. The first-order valence-corrected chi connectivity index (χ1v) is 19.8. The third-order valence-electron chi connectivity index (χ3n) is 12.2. The van der Waals surface area contributed by atoms with Gasteiger partial charge in [0.2, 0.25) is 11.8 Å². The number of nitrogens with zero attached hydrogens (tertiary/aromatic N) is 8. The molecular formula is C42H41FN10O5. The molecule has 0 bridgehead atoms. The van der Waals surface area contributed by atoms with Crippen molar-refractivity contribution in [2.24, 2.45) is 5.92 Å². The predicted octanol–water partition coefficient (Wildman–Crippen LogP) is 3.87. The van der Waals surface area contributed by atoms with E-state index in [2.05, 4.69) is 25.1 Å². The van der Waals surface area contributed by atoms with Crippen LogP contribution in [0.25, 0.3) is 22.3 Å². The van der Waals surface area contributed by atoms with Crippen molar-refractivity contribution in [2.45, 2.75) is 43.8 Å². The number of amides is 4. The summed E-state index contributed by atoms with van der Waals surface area (Å²) >= 11 is 0. The molecule has 5 aliphatic heterocycles. The molecule has 4 amide bonds. The van der Waals surface area contributed by atoms with Crippen LogP contribution < -0.4 is 20.7 Å². The second-order valence-electron chi connectivity index (χ2n) is 15.9. The van der Waals surface area contributed by atoms with E-state index in [1.165, 1.54) is 12.4 Å². The van der Waals surface area contributed by atoms with Crippen LogP contribution in [-0.4, -0.2) is 116 Å². The first-order valence-electron chi connectivity index (χ1n) is 19.8. The first-order chi connectivity index (χ1) is 28.2. The average molecular weight is 785 g/mol. The molecular weight excluding hydrogens is 744 g/mol. The molecule has 5 aromatic rings. The number of halogens is 1. The lowest BCUT2D eigenvalue weighted by Crippen LogP contribution is -2.63. The number of benzene rings is 3. The Morgan fingerprint density at radius 1 is 0.828 bits per heavy atom. The number of ether oxygens (including phenoxy) is 1. The molecule has 3 aromatic carbocycles. The van der Waals surface area contributed by atoms with Crippen molar-refractivity contribution < 1.29 is 28.3 Å². The second-order valence-corrected chi connectivity index (χ2v) is 15.9. The lowest BCUT2D eigenvalue weighted by atomic mass is 9.94. The number of fused-ring (bicyclic) bond motifs is 2. The van der Waals surface area contributed by atoms with Crippen LogP contribution in [0.1, 0.15) is 52.4 Å². The van der Waals surface area contributed by atoms with Crippen LogP contribution in [0.3, 0.4) is 0 Å². The van der Waals surface area contributed by atoms with Crippen LogP contribution in [-0.2, 0) is 9.59 Å². The molecule has 10 rings (SSSR count). The molecule has 296 valence electrons. The Kier molecular flexibility index (Phi) is 8.89. The summed E-state index contributed by atoms with van der Waals surface area (Å²) in [6.45, 7) is 6.03. The highest BCUT2D eigenvalue weighted by Gasteiger charge is 2.46. The number of rotatable bonds is 9. The number of imide groups is 2. The van der Waals surface area contributed by atoms with Gasteiger partial charge in [-0.25, -0.2) is 19.0 Å². The van der Waals surface area contributed by atoms with E-state index >= 15 is 4.39 Å². The Labute approximate surface area is 332 Å². The van der Waals surface area contributed by atoms with Gasteiger partial charge in [-0.1, -0.05) is 18.2 Å². The van der Waals surface area contributed by atoms with Crippen molar-refractivity contribution in [3.8, 4) is 22.8 Å². The molecule has 0 aliphatic carbocycles. The van der Waals surface area contributed by atoms with Crippen molar-refractivity contribution in [1.82, 2.24) is 39.8 Å². The minimum absolute atomic E-state index is 0.0238. The van der Waals surface area contributed by atoms with Crippen LogP contribution >= 0.6 is 0 Å². The molecule has 2 aromatic heterocycles. The van der Waals surface area contributed by atoms with Gasteiger partial charge in [0.25, 0.3) is 11.8 Å². The minimum Gasteiger partial charge on any atom is -0.457 e. The zero-order valence-electron chi connectivity index (χ0n) is 31.6. The Balaban J connectivity index is 0.725. The van der Waals surface area contributed by atoms with Crippen molar-refractivity contribution in [1.29, 1.82) is 0 Å². The number of hydrogen-bond acceptors (Lipinski definition) is 12. The Bertz CT molecular complexity index is 2460. The first kappa shape index (κ1) is 36.1. The molecule has 16 heteroatoms. The van der Waals surface area contributed by atoms with Crippen LogP contribution in [0.2, 0.25) is 0 Å². The van der Waals surface area contributed by atoms with E-state index in [0.29, 0.717) is 30.9 Å². The lowest BCUT2D eigenvalue weighted by Gasteiger charge is -2.51. The maximum Gasteiger partial charge on any atom is 0.262 e. The molecule has 4 saturated heterocycles. The van der Waals surface area contributed by atoms with Crippen LogP contribution in [0.4, 0.5) is 15.9 Å². The smallest absolute Gasteiger partial charge is 0.262 e. The lowest BCUT2D eigenvalue weighted by molar-refractivity contribution is -0.136. The summed E-state index contributed by atoms with van der Waals surface area (Å²) in [4.78, 5) is 67.1. The van der Waals surface area contributed by atoms with Crippen molar-refractivity contribution in [2.75, 3.05) is 56.4 Å². The van der Waals surface area contributed by atoms with Gasteiger partial charge in [0.15, 0.2) is 5.65 Å². The zero-order valence-corrected chi connectivity index (χ0v) is 31.6. The van der Waals surface area contributed by atoms with Crippen molar-refractivity contribution in [3.05, 3.63) is 90.0 Å². The number of nitrogens with two attached hydrogens (primary N) is 1. The number of hydrogen-bond donors (Lipinski definition) is 2. The molecule has 5 aliphatic rings. The molecule has 0 saturated carbocycles. The van der Waals surface area contributed by atoms with Gasteiger partial charge in [-0.3, -0.25) is 39.2 Å². The maximum absolute atomic E-state index is 15.3. The third kappa shape index (κ3) is 6.32. The predicted molar refractivity (Wildman–Crippen MR) is 211 cm³/mol. The zero-order chi connectivity index (χ0) is 39.7. The summed E-state index contributed by atoms with van der Waals surface area (Å²) < 4.78 is 23.4. The average Bonchev–Trinajstić information content (AvgIpc) is 3.69. The summed E-state index contributed by atoms with van der Waals surface area (Å²) in [6, 6.07) is 19.6. The molecule has 15 nitrogen and oxygen atoms in total. The fraction of sp³-hybridized carbons (Fsp3) is 0.357. The summed E-state index contributed by atoms with van der Waals surface area (Å²) in [5.74, 6) is -0.817. The SMILES string of the molecule is Nc1ncnc2c1c(-c1ccc(Oc3ccccc3)cc1)nn2C1CCN(C2CN(CC3CN(c4cc5c(cc4F)C(=O)N(C4CCC(=O)NC4=O)C5=O)C3)C2)CC1. The number of aromatic nitrogens is 4. The summed E-state index contributed by atoms with van der Waals surface area (Å²) in [5, 5.41) is 8.03. The summed E-state index contributed by atoms with van der Waals surface area (Å²) in [5.41, 5.74) is 9.14. The van der Waals surface area contributed by atoms with E-state index in [1.807, 2.05) is 64.2 Å². The highest BCUT2D eigenvalue weighted by Crippen LogP contribution is 2.38. The number of carbonyl (C=O) groups excluding carboxylic acids is 4. The molecule has 4 fully saturated rings. The molecule has 0 spiro atoms. The van der Waals surface area contributed by atoms with E-state index in [9.17, 15) is 19.2 Å². The van der Waals surface area contributed by atoms with Gasteiger partial charge in [0, 0.05) is 69.8 Å². The standard InChI is InChI=1S/C42H41FN10O5/c43-32-16-30-31(42(57)52(41(30)56)33-10-11-35(54)47-40(33)55)17-34(32)51-19-24(20-51)18-49-21-27(22-49)50-14-12-26(13-15-50)53-39-36(38(44)45-23-46-39)37(48-53)25-6-8-29(9-7-25)58-28-4-2-1-3-5-28/h1-9,16-17,23-24,26-27,33H,10-15,18-22H2,(H2,44,45,46)(H,47,54,55). The van der Waals surface area contributed by atoms with Crippen LogP contribution in [0.5, 0.6) is 11.5 Å². The van der Waals surface area contributed by atoms with Gasteiger partial charge >= 0.3 is 0 Å². The molecule has 7 heterocycles. The van der Waals surface area contributed by atoms with E-state index in [1.54, 1.807) is 0 Å². The number of likely N-dealkylation sites (tertiary alicyclic amines) is 2. The summed E-state index contributed by atoms with van der Waals surface area (Å²) in [7, 11) is 0. The van der Waals surface area contributed by atoms with Crippen LogP contribution in [0, 0.1) is 11.7 Å². The van der Waals surface area contributed by atoms with Crippen molar-refractivity contribution in [3.63, 3.8) is 0 Å². The molecule has 1 unspecified atom stereocenters. The van der Waals surface area contributed by atoms with Gasteiger partial charge in [-0.2, -0.15) is 5.10 Å². The van der Waals surface area contributed by atoms with Gasteiger partial charge in [0.05, 0.1) is 28.2 Å². The minimum atomic E-state index is -1.09. The second kappa shape index (κ2) is 14.3. The summed E-state index contributed by atoms with van der Waals surface area (Å²) in [6.07, 6.45) is 3.44. The quantitative estimate of drug-likeness (QED) is 0.207. The monoisotopic (exact) mass is 784 g/mol. The molecule has 3 N–H and O–H groups in total. The van der Waals surface area contributed by atoms with Gasteiger partial charge in [-0.05, 0) is 67.8 Å². The third-order valence-corrected chi connectivity index (χ3v) is 12.2. The maximum atomic E-state index is 15.3. The van der Waals surface area contributed by atoms with Gasteiger partial charge in [-0.15, -0.1) is 0 Å². The van der Waals surface area contributed by atoms with E-state index < -0.39 is 35.5 Å². The fourth-order valence-corrected chi connectivity index (χ4v) is 9.14. The fourth-order valence-electron chi connectivity index (χ4n) is 9.14. The van der Waals surface area contributed by atoms with Gasteiger partial charge in [0.1, 0.15) is 41.2 Å². The van der Waals surface area contributed by atoms with E-state index in [-0.39, 0.29) is 35.7 Å². The van der Waals surface area contributed by atoms with E-state index in [0.717, 1.165) is 90.3 Å².